The fourth-order valence-electron chi connectivity index (χ4n) is 0.365. The first-order valence-corrected chi connectivity index (χ1v) is 4.41. The molecule has 0 aliphatic rings. The molecule has 0 radical (unpaired) electrons. The van der Waals surface area contributed by atoms with Gasteiger partial charge in [-0.2, -0.15) is 21.6 Å². The van der Waals surface area contributed by atoms with Crippen LogP contribution in [0, 0.1) is 0 Å². The Bertz CT molecular complexity index is 352. The van der Waals surface area contributed by atoms with Crippen molar-refractivity contribution in [1.29, 1.82) is 0 Å². The maximum Gasteiger partial charge on any atom is 0.534 e. The molecule has 0 saturated heterocycles. The third kappa shape index (κ3) is 2.91. The van der Waals surface area contributed by atoms with Gasteiger partial charge < -0.3 is 14.1 Å². The molecule has 0 aliphatic heterocycles. The minimum Gasteiger partial charge on any atom is -0.542 e. The molecule has 0 saturated carbocycles. The van der Waals surface area contributed by atoms with Crippen molar-refractivity contribution in [3.8, 4) is 0 Å². The fraction of sp³-hybridized carbons (Fsp3) is 0.400. The minimum atomic E-state index is -5.94. The quantitative estimate of drug-likeness (QED) is 0.284. The van der Waals surface area contributed by atoms with Gasteiger partial charge in [0.05, 0.1) is 0 Å². The summed E-state index contributed by atoms with van der Waals surface area (Å²) in [5.74, 6) is -3.57. The molecule has 14 heavy (non-hydrogen) atoms. The number of carboxylic acid groups (broad SMARTS) is 1. The van der Waals surface area contributed by atoms with Crippen molar-refractivity contribution in [2.24, 2.45) is 0 Å². The summed E-state index contributed by atoms with van der Waals surface area (Å²) < 4.78 is 58.7. The third-order valence-corrected chi connectivity index (χ3v) is 1.91. The van der Waals surface area contributed by atoms with E-state index >= 15 is 0 Å². The summed E-state index contributed by atoms with van der Waals surface area (Å²) in [6, 6.07) is 0. The van der Waals surface area contributed by atoms with E-state index in [2.05, 4.69) is 4.18 Å². The van der Waals surface area contributed by atoms with Gasteiger partial charge in [-0.1, -0.05) is 0 Å². The van der Waals surface area contributed by atoms with E-state index in [0.717, 1.165) is 6.92 Å². The molecule has 0 aromatic rings. The maximum atomic E-state index is 11.6. The first-order chi connectivity index (χ1) is 6.12. The van der Waals surface area contributed by atoms with Crippen molar-refractivity contribution in [2.75, 3.05) is 0 Å². The number of rotatable bonds is 3. The Morgan fingerprint density at radius 2 is 1.86 bits per heavy atom. The monoisotopic (exact) mass is 233 g/mol. The average molecular weight is 233 g/mol. The Kier molecular flexibility index (Phi) is 3.52. The highest BCUT2D eigenvalue weighted by atomic mass is 32.2. The second kappa shape index (κ2) is 3.86. The predicted molar refractivity (Wildman–Crippen MR) is 34.8 cm³/mol. The standard InChI is InChI=1S/C5H5F3O5S/c1-2-3(4(9)10)13-14(11,12)5(6,7)8/h2H,1H3,(H,9,10)/p-1. The second-order valence-electron chi connectivity index (χ2n) is 1.92. The smallest absolute Gasteiger partial charge is 0.534 e. The molecule has 0 bridgehead atoms. The zero-order chi connectivity index (χ0) is 11.6. The summed E-state index contributed by atoms with van der Waals surface area (Å²) in [7, 11) is -5.94. The van der Waals surface area contributed by atoms with Gasteiger partial charge in [0.1, 0.15) is 5.97 Å². The Balaban J connectivity index is 4.96. The van der Waals surface area contributed by atoms with Crippen molar-refractivity contribution in [3.63, 3.8) is 0 Å². The maximum absolute atomic E-state index is 11.6. The zero-order valence-electron chi connectivity index (χ0n) is 6.66. The number of alkyl halides is 3. The Hall–Kier alpha value is -1.25. The second-order valence-corrected chi connectivity index (χ2v) is 3.46. The van der Waals surface area contributed by atoms with Crippen molar-refractivity contribution >= 4 is 16.1 Å². The van der Waals surface area contributed by atoms with Crippen molar-refractivity contribution in [2.45, 2.75) is 12.4 Å². The van der Waals surface area contributed by atoms with Crippen LogP contribution in [0.25, 0.3) is 0 Å². The van der Waals surface area contributed by atoms with Gasteiger partial charge in [-0.3, -0.25) is 0 Å². The summed E-state index contributed by atoms with van der Waals surface area (Å²) in [6.45, 7) is 0.983. The molecule has 82 valence electrons. The molecule has 0 N–H and O–H groups in total. The number of allylic oxidation sites excluding steroid dienone is 1. The van der Waals surface area contributed by atoms with Gasteiger partial charge >= 0.3 is 15.6 Å². The van der Waals surface area contributed by atoms with Crippen LogP contribution in [0.15, 0.2) is 11.8 Å². The lowest BCUT2D eigenvalue weighted by molar-refractivity contribution is -0.302. The van der Waals surface area contributed by atoms with E-state index in [0.29, 0.717) is 6.08 Å². The van der Waals surface area contributed by atoms with E-state index in [1.54, 1.807) is 0 Å². The molecule has 0 unspecified atom stereocenters. The summed E-state index contributed by atoms with van der Waals surface area (Å²) in [4.78, 5) is 10.00. The van der Waals surface area contributed by atoms with E-state index in [9.17, 15) is 31.5 Å². The Morgan fingerprint density at radius 3 is 2.07 bits per heavy atom. The summed E-state index contributed by atoms with van der Waals surface area (Å²) in [5.41, 5.74) is -5.67. The summed E-state index contributed by atoms with van der Waals surface area (Å²) in [6.07, 6.45) is 0.526. The van der Waals surface area contributed by atoms with E-state index in [1.807, 2.05) is 0 Å². The van der Waals surface area contributed by atoms with Crippen LogP contribution in [0.2, 0.25) is 0 Å². The normalized spacial score (nSPS) is 13.9. The molecular formula is C5H4F3O5S-. The van der Waals surface area contributed by atoms with Crippen LogP contribution in [0.3, 0.4) is 0 Å². The van der Waals surface area contributed by atoms with Gasteiger partial charge in [0.2, 0.25) is 0 Å². The van der Waals surface area contributed by atoms with Gasteiger partial charge in [-0.15, -0.1) is 0 Å². The van der Waals surface area contributed by atoms with Crippen LogP contribution < -0.4 is 5.11 Å². The highest BCUT2D eigenvalue weighted by Crippen LogP contribution is 2.26. The third-order valence-electron chi connectivity index (χ3n) is 0.946. The molecule has 0 amide bonds. The van der Waals surface area contributed by atoms with E-state index in [-0.39, 0.29) is 0 Å². The Labute approximate surface area is 76.9 Å². The molecule has 0 rings (SSSR count). The van der Waals surface area contributed by atoms with Crippen LogP contribution in [0.1, 0.15) is 6.92 Å². The number of carboxylic acids is 1. The first-order valence-electron chi connectivity index (χ1n) is 3.00. The lowest BCUT2D eigenvalue weighted by Crippen LogP contribution is -2.31. The van der Waals surface area contributed by atoms with Crippen LogP contribution in [-0.4, -0.2) is 19.9 Å². The zero-order valence-corrected chi connectivity index (χ0v) is 7.48. The van der Waals surface area contributed by atoms with Gasteiger partial charge in [0.25, 0.3) is 0 Å². The van der Waals surface area contributed by atoms with Gasteiger partial charge in [0.15, 0.2) is 5.76 Å². The van der Waals surface area contributed by atoms with Gasteiger partial charge in [-0.05, 0) is 13.0 Å². The summed E-state index contributed by atoms with van der Waals surface area (Å²) in [5, 5.41) is 10.00. The fourth-order valence-corrected chi connectivity index (χ4v) is 0.861. The Morgan fingerprint density at radius 1 is 1.43 bits per heavy atom. The van der Waals surface area contributed by atoms with E-state index in [1.165, 1.54) is 0 Å². The molecule has 5 nitrogen and oxygen atoms in total. The van der Waals surface area contributed by atoms with Gasteiger partial charge in [-0.25, -0.2) is 0 Å². The summed E-state index contributed by atoms with van der Waals surface area (Å²) >= 11 is 0. The molecule has 0 aliphatic carbocycles. The number of hydrogen-bond acceptors (Lipinski definition) is 5. The van der Waals surface area contributed by atoms with Crippen LogP contribution >= 0.6 is 0 Å². The topological polar surface area (TPSA) is 83.5 Å². The van der Waals surface area contributed by atoms with Crippen LogP contribution in [0.4, 0.5) is 13.2 Å². The first kappa shape index (κ1) is 12.8. The highest BCUT2D eigenvalue weighted by molar-refractivity contribution is 7.87. The highest BCUT2D eigenvalue weighted by Gasteiger charge is 2.48. The van der Waals surface area contributed by atoms with Crippen molar-refractivity contribution in [3.05, 3.63) is 11.8 Å². The average Bonchev–Trinajstić information content (AvgIpc) is 1.97. The lowest BCUT2D eigenvalue weighted by Gasteiger charge is -2.12. The molecular weight excluding hydrogens is 229 g/mol. The molecule has 0 aromatic carbocycles. The number of aliphatic carboxylic acids is 1. The molecule has 0 aromatic heterocycles. The van der Waals surface area contributed by atoms with E-state index in [4.69, 9.17) is 0 Å². The molecule has 0 heterocycles. The van der Waals surface area contributed by atoms with E-state index < -0.39 is 27.4 Å². The van der Waals surface area contributed by atoms with Crippen LogP contribution in [-0.2, 0) is 19.1 Å². The minimum absolute atomic E-state index is 0.526. The SMILES string of the molecule is CC=C(OS(=O)(=O)C(F)(F)F)C(=O)[O-]. The predicted octanol–water partition coefficient (Wildman–Crippen LogP) is -0.494. The largest absolute Gasteiger partial charge is 0.542 e. The lowest BCUT2D eigenvalue weighted by atomic mass is 10.5. The van der Waals surface area contributed by atoms with Crippen LogP contribution in [0.5, 0.6) is 0 Å². The van der Waals surface area contributed by atoms with Crippen molar-refractivity contribution < 1.29 is 35.7 Å². The number of carbonyl (C=O) groups is 1. The number of carbonyl (C=O) groups excluding carboxylic acids is 1. The van der Waals surface area contributed by atoms with Gasteiger partial charge in [0, 0.05) is 0 Å². The molecule has 0 spiro atoms. The number of halogens is 3. The van der Waals surface area contributed by atoms with Crippen molar-refractivity contribution in [1.82, 2.24) is 0 Å². The number of hydrogen-bond donors (Lipinski definition) is 0. The molecule has 9 heteroatoms. The molecule has 0 fully saturated rings. The molecule has 0 atom stereocenters.